The fraction of sp³-hybridized carbons (Fsp3) is 0.0909. The Balaban J connectivity index is 1.58. The summed E-state index contributed by atoms with van der Waals surface area (Å²) in [4.78, 5) is 23.8. The van der Waals surface area contributed by atoms with Crippen LogP contribution >= 0.6 is 11.8 Å². The molecular weight excluding hydrogens is 400 g/mol. The van der Waals surface area contributed by atoms with E-state index in [-0.39, 0.29) is 5.56 Å². The summed E-state index contributed by atoms with van der Waals surface area (Å²) < 4.78 is 10.9. The van der Waals surface area contributed by atoms with Crippen LogP contribution in [0.4, 0.5) is 0 Å². The SMILES string of the molecule is COc1ccc(-c2nc(SCc3ncc(-c4ccccc4)o3)[nH]c(=O)c2C#N)cc1. The fourth-order valence-corrected chi connectivity index (χ4v) is 3.54. The second kappa shape index (κ2) is 8.68. The monoisotopic (exact) mass is 416 g/mol. The van der Waals surface area contributed by atoms with Crippen LogP contribution in [-0.4, -0.2) is 22.1 Å². The number of ether oxygens (including phenoxy) is 1. The molecule has 8 heteroatoms. The first kappa shape index (κ1) is 19.5. The number of nitriles is 1. The van der Waals surface area contributed by atoms with Crippen LogP contribution < -0.4 is 10.3 Å². The number of aromatic nitrogens is 3. The summed E-state index contributed by atoms with van der Waals surface area (Å²) in [6, 6.07) is 18.6. The van der Waals surface area contributed by atoms with Crippen molar-refractivity contribution >= 4 is 11.8 Å². The number of nitrogens with zero attached hydrogens (tertiary/aromatic N) is 3. The molecule has 0 amide bonds. The Morgan fingerprint density at radius 3 is 2.60 bits per heavy atom. The molecule has 0 aliphatic heterocycles. The molecule has 0 saturated heterocycles. The van der Waals surface area contributed by atoms with Gasteiger partial charge in [-0.1, -0.05) is 42.1 Å². The number of thioether (sulfide) groups is 1. The number of aromatic amines is 1. The molecule has 2 aromatic heterocycles. The molecule has 2 heterocycles. The van der Waals surface area contributed by atoms with Crippen molar-refractivity contribution in [1.82, 2.24) is 15.0 Å². The van der Waals surface area contributed by atoms with Crippen LogP contribution in [0.5, 0.6) is 5.75 Å². The van der Waals surface area contributed by atoms with E-state index in [0.29, 0.717) is 39.6 Å². The lowest BCUT2D eigenvalue weighted by Crippen LogP contribution is -2.14. The molecule has 0 aliphatic rings. The number of rotatable bonds is 6. The predicted octanol–water partition coefficient (Wildman–Crippen LogP) is 4.26. The average molecular weight is 416 g/mol. The van der Waals surface area contributed by atoms with Crippen molar-refractivity contribution in [2.24, 2.45) is 0 Å². The van der Waals surface area contributed by atoms with Crippen LogP contribution in [0.2, 0.25) is 0 Å². The standard InChI is InChI=1S/C22H16N4O3S/c1-28-16-9-7-15(8-10-16)20-17(11-23)21(27)26-22(25-20)30-13-19-24-12-18(29-19)14-5-3-2-4-6-14/h2-10,12H,13H2,1H3,(H,25,26,27). The van der Waals surface area contributed by atoms with Gasteiger partial charge in [0, 0.05) is 11.1 Å². The smallest absolute Gasteiger partial charge is 0.270 e. The van der Waals surface area contributed by atoms with E-state index in [4.69, 9.17) is 9.15 Å². The molecule has 0 spiro atoms. The highest BCUT2D eigenvalue weighted by atomic mass is 32.2. The first-order valence-corrected chi connectivity index (χ1v) is 9.98. The van der Waals surface area contributed by atoms with Gasteiger partial charge in [-0.25, -0.2) is 9.97 Å². The minimum absolute atomic E-state index is 0.0352. The second-order valence-corrected chi connectivity index (χ2v) is 7.17. The lowest BCUT2D eigenvalue weighted by molar-refractivity contribution is 0.415. The van der Waals surface area contributed by atoms with Gasteiger partial charge in [-0.05, 0) is 24.3 Å². The van der Waals surface area contributed by atoms with Gasteiger partial charge in [0.2, 0.25) is 5.89 Å². The van der Waals surface area contributed by atoms with Crippen molar-refractivity contribution in [2.45, 2.75) is 10.9 Å². The summed E-state index contributed by atoms with van der Waals surface area (Å²) in [5, 5.41) is 9.78. The van der Waals surface area contributed by atoms with Crippen molar-refractivity contribution in [3.63, 3.8) is 0 Å². The molecular formula is C22H16N4O3S. The summed E-state index contributed by atoms with van der Waals surface area (Å²) in [5.41, 5.74) is 1.39. The fourth-order valence-electron chi connectivity index (χ4n) is 2.83. The maximum absolute atomic E-state index is 12.4. The van der Waals surface area contributed by atoms with Gasteiger partial charge in [-0.2, -0.15) is 5.26 Å². The number of hydrogen-bond donors (Lipinski definition) is 1. The molecule has 0 fully saturated rings. The van der Waals surface area contributed by atoms with Crippen molar-refractivity contribution in [3.8, 4) is 34.4 Å². The lowest BCUT2D eigenvalue weighted by Gasteiger charge is -2.07. The number of nitrogens with one attached hydrogen (secondary N) is 1. The van der Waals surface area contributed by atoms with Crippen molar-refractivity contribution in [2.75, 3.05) is 7.11 Å². The Labute approximate surface area is 176 Å². The van der Waals surface area contributed by atoms with E-state index < -0.39 is 5.56 Å². The number of methoxy groups -OCH3 is 1. The minimum Gasteiger partial charge on any atom is -0.497 e. The third kappa shape index (κ3) is 4.11. The third-order valence-corrected chi connectivity index (χ3v) is 5.18. The summed E-state index contributed by atoms with van der Waals surface area (Å²) in [5.74, 6) is 2.24. The van der Waals surface area contributed by atoms with Gasteiger partial charge in [0.05, 0.1) is 24.8 Å². The molecule has 0 aliphatic carbocycles. The van der Waals surface area contributed by atoms with E-state index in [9.17, 15) is 10.1 Å². The molecule has 148 valence electrons. The summed E-state index contributed by atoms with van der Waals surface area (Å²) >= 11 is 1.27. The van der Waals surface area contributed by atoms with Crippen LogP contribution in [0, 0.1) is 11.3 Å². The van der Waals surface area contributed by atoms with E-state index >= 15 is 0 Å². The number of benzene rings is 2. The van der Waals surface area contributed by atoms with Crippen molar-refractivity contribution in [3.05, 3.63) is 82.6 Å². The Bertz CT molecular complexity index is 1260. The summed E-state index contributed by atoms with van der Waals surface area (Å²) in [6.45, 7) is 0. The highest BCUT2D eigenvalue weighted by Crippen LogP contribution is 2.27. The topological polar surface area (TPSA) is 105 Å². The van der Waals surface area contributed by atoms with Crippen LogP contribution in [0.25, 0.3) is 22.6 Å². The van der Waals surface area contributed by atoms with Gasteiger partial charge in [0.25, 0.3) is 5.56 Å². The van der Waals surface area contributed by atoms with Gasteiger partial charge in [-0.15, -0.1) is 0 Å². The molecule has 30 heavy (non-hydrogen) atoms. The van der Waals surface area contributed by atoms with E-state index in [2.05, 4.69) is 15.0 Å². The summed E-state index contributed by atoms with van der Waals surface area (Å²) in [7, 11) is 1.57. The highest BCUT2D eigenvalue weighted by Gasteiger charge is 2.15. The normalized spacial score (nSPS) is 10.5. The Kier molecular flexibility index (Phi) is 5.63. The highest BCUT2D eigenvalue weighted by molar-refractivity contribution is 7.98. The summed E-state index contributed by atoms with van der Waals surface area (Å²) in [6.07, 6.45) is 1.67. The zero-order valence-electron chi connectivity index (χ0n) is 16.0. The van der Waals surface area contributed by atoms with Crippen LogP contribution in [0.3, 0.4) is 0 Å². The molecule has 0 atom stereocenters. The first-order valence-electron chi connectivity index (χ1n) is 8.99. The molecule has 0 saturated carbocycles. The Hall–Kier alpha value is -3.83. The maximum atomic E-state index is 12.4. The molecule has 0 radical (unpaired) electrons. The first-order chi connectivity index (χ1) is 14.7. The number of hydrogen-bond acceptors (Lipinski definition) is 7. The quantitative estimate of drug-likeness (QED) is 0.370. The van der Waals surface area contributed by atoms with Gasteiger partial charge >= 0.3 is 0 Å². The minimum atomic E-state index is -0.488. The van der Waals surface area contributed by atoms with E-state index in [1.165, 1.54) is 11.8 Å². The average Bonchev–Trinajstić information content (AvgIpc) is 3.27. The molecule has 2 aromatic carbocycles. The molecule has 4 rings (SSSR count). The van der Waals surface area contributed by atoms with E-state index in [1.807, 2.05) is 36.4 Å². The zero-order valence-corrected chi connectivity index (χ0v) is 16.8. The molecule has 1 N–H and O–H groups in total. The van der Waals surface area contributed by atoms with Crippen molar-refractivity contribution in [1.29, 1.82) is 5.26 Å². The van der Waals surface area contributed by atoms with Gasteiger partial charge < -0.3 is 14.1 Å². The van der Waals surface area contributed by atoms with Gasteiger partial charge in [-0.3, -0.25) is 4.79 Å². The second-order valence-electron chi connectivity index (χ2n) is 6.21. The molecule has 7 nitrogen and oxygen atoms in total. The van der Waals surface area contributed by atoms with E-state index in [1.54, 1.807) is 37.6 Å². The molecule has 4 aromatic rings. The van der Waals surface area contributed by atoms with Crippen LogP contribution in [0.15, 0.2) is 75.2 Å². The third-order valence-electron chi connectivity index (χ3n) is 4.32. The number of H-pyrrole nitrogens is 1. The van der Waals surface area contributed by atoms with Gasteiger partial charge in [0.1, 0.15) is 17.4 Å². The number of oxazole rings is 1. The largest absolute Gasteiger partial charge is 0.497 e. The van der Waals surface area contributed by atoms with Crippen LogP contribution in [0.1, 0.15) is 11.5 Å². The van der Waals surface area contributed by atoms with Crippen LogP contribution in [-0.2, 0) is 5.75 Å². The van der Waals surface area contributed by atoms with Gasteiger partial charge in [0.15, 0.2) is 10.9 Å². The Morgan fingerprint density at radius 2 is 1.90 bits per heavy atom. The predicted molar refractivity (Wildman–Crippen MR) is 113 cm³/mol. The maximum Gasteiger partial charge on any atom is 0.270 e. The van der Waals surface area contributed by atoms with E-state index in [0.717, 1.165) is 5.56 Å². The Morgan fingerprint density at radius 1 is 1.13 bits per heavy atom. The zero-order chi connectivity index (χ0) is 20.9. The van der Waals surface area contributed by atoms with Crippen molar-refractivity contribution < 1.29 is 9.15 Å². The molecule has 0 bridgehead atoms. The molecule has 0 unspecified atom stereocenters. The lowest BCUT2D eigenvalue weighted by atomic mass is 10.1.